The lowest BCUT2D eigenvalue weighted by molar-refractivity contribution is -0.940. The highest BCUT2D eigenvalue weighted by Crippen LogP contribution is 3.05. The molecule has 0 amide bonds. The van der Waals surface area contributed by atoms with Crippen molar-refractivity contribution in [3.63, 3.8) is 0 Å². The molecule has 0 heterocycles. The second-order valence-electron chi connectivity index (χ2n) is 5.19. The summed E-state index contributed by atoms with van der Waals surface area (Å²) in [5.41, 5.74) is 0. The summed E-state index contributed by atoms with van der Waals surface area (Å²) >= 11 is 0. The summed E-state index contributed by atoms with van der Waals surface area (Å²) in [6, 6.07) is 0. The van der Waals surface area contributed by atoms with Gasteiger partial charge in [-0.15, -0.1) is 0 Å². The second kappa shape index (κ2) is 1.22. The standard InChI is InChI=1S/C10H12Cl2/c1-11-9-3-6-4(9)8-5(9)7(3)10(6,8)12-2/h3-8H,1-2H3/q+2. The van der Waals surface area contributed by atoms with Crippen LogP contribution in [0.5, 0.6) is 0 Å². The predicted octanol–water partition coefficient (Wildman–Crippen LogP) is 0.659. The zero-order valence-corrected chi connectivity index (χ0v) is 8.73. The van der Waals surface area contributed by atoms with E-state index < -0.39 is 0 Å². The molecule has 64 valence electrons. The van der Waals surface area contributed by atoms with Gasteiger partial charge in [-0.1, -0.05) is 0 Å². The molecule has 0 aromatic carbocycles. The molecule has 0 bridgehead atoms. The van der Waals surface area contributed by atoms with Gasteiger partial charge in [-0.25, -0.2) is 0 Å². The Hall–Kier alpha value is 0.580. The summed E-state index contributed by atoms with van der Waals surface area (Å²) in [6.07, 6.45) is 4.59. The average molecular weight is 203 g/mol. The van der Waals surface area contributed by atoms with E-state index in [0.29, 0.717) is 0 Å². The van der Waals surface area contributed by atoms with Crippen molar-refractivity contribution in [2.24, 2.45) is 35.5 Å². The molecule has 6 saturated carbocycles. The Bertz CT molecular complexity index is 236. The minimum absolute atomic E-state index is 0.822. The highest BCUT2D eigenvalue weighted by atomic mass is 35.5. The van der Waals surface area contributed by atoms with Crippen LogP contribution in [0.1, 0.15) is 0 Å². The first kappa shape index (κ1) is 6.14. The van der Waals surface area contributed by atoms with Crippen LogP contribution in [0.3, 0.4) is 0 Å². The van der Waals surface area contributed by atoms with Gasteiger partial charge in [0.05, 0.1) is 0 Å². The summed E-state index contributed by atoms with van der Waals surface area (Å²) < 4.78 is 0. The third-order valence-electron chi connectivity index (χ3n) is 6.04. The minimum atomic E-state index is 0.822. The van der Waals surface area contributed by atoms with E-state index in [1.807, 2.05) is 0 Å². The molecule has 0 saturated heterocycles. The maximum Gasteiger partial charge on any atom is 0.202 e. The van der Waals surface area contributed by atoms with Crippen LogP contribution < -0.4 is 0 Å². The Labute approximate surface area is 79.9 Å². The van der Waals surface area contributed by atoms with Crippen LogP contribution in [0.4, 0.5) is 0 Å². The van der Waals surface area contributed by atoms with Crippen molar-refractivity contribution in [3.05, 3.63) is 0 Å². The molecule has 0 nitrogen and oxygen atoms in total. The zero-order valence-electron chi connectivity index (χ0n) is 7.22. The molecule has 0 spiro atoms. The van der Waals surface area contributed by atoms with Crippen molar-refractivity contribution in [2.75, 3.05) is 12.8 Å². The average Bonchev–Trinajstić information content (AvgIpc) is 2.17. The van der Waals surface area contributed by atoms with Crippen molar-refractivity contribution in [1.82, 2.24) is 0 Å². The number of hydrogen-bond acceptors (Lipinski definition) is 0. The first-order valence-electron chi connectivity index (χ1n) is 4.87. The number of hydrogen-bond donors (Lipinski definition) is 0. The van der Waals surface area contributed by atoms with E-state index in [4.69, 9.17) is 0 Å². The van der Waals surface area contributed by atoms with Gasteiger partial charge in [0.25, 0.3) is 0 Å². The van der Waals surface area contributed by atoms with Gasteiger partial charge >= 0.3 is 0 Å². The molecule has 0 aliphatic heterocycles. The second-order valence-corrected chi connectivity index (χ2v) is 7.25. The molecule has 0 radical (unpaired) electrons. The van der Waals surface area contributed by atoms with Crippen molar-refractivity contribution in [3.8, 4) is 0 Å². The van der Waals surface area contributed by atoms with Gasteiger partial charge in [-0.2, -0.15) is 0 Å². The lowest BCUT2D eigenvalue weighted by Crippen LogP contribution is -3.15. The molecule has 0 N–H and O–H groups in total. The molecule has 0 aromatic rings. The smallest absolute Gasteiger partial charge is 0.0381 e. The van der Waals surface area contributed by atoms with Gasteiger partial charge in [-0.3, -0.25) is 0 Å². The van der Waals surface area contributed by atoms with E-state index >= 15 is 0 Å². The van der Waals surface area contributed by atoms with Crippen LogP contribution in [0.25, 0.3) is 0 Å². The Morgan fingerprint density at radius 1 is 0.667 bits per heavy atom. The number of rotatable bonds is 2. The molecule has 6 fully saturated rings. The van der Waals surface area contributed by atoms with E-state index in [1.54, 1.807) is 0 Å². The monoisotopic (exact) mass is 202 g/mol. The van der Waals surface area contributed by atoms with Crippen LogP contribution in [0, 0.1) is 57.1 Å². The molecular formula is C10H12Cl2+2. The Kier molecular flexibility index (Phi) is 0.624. The van der Waals surface area contributed by atoms with E-state index in [2.05, 4.69) is 34.4 Å². The van der Waals surface area contributed by atoms with Crippen molar-refractivity contribution in [2.45, 2.75) is 9.75 Å². The third kappa shape index (κ3) is 0.219. The van der Waals surface area contributed by atoms with E-state index in [9.17, 15) is 0 Å². The normalized spacial score (nSPS) is 88.5. The molecule has 6 aliphatic carbocycles. The van der Waals surface area contributed by atoms with Crippen LogP contribution in [-0.4, -0.2) is 22.5 Å². The fourth-order valence-electron chi connectivity index (χ4n) is 6.02. The Morgan fingerprint density at radius 3 is 1.08 bits per heavy atom. The fourth-order valence-corrected chi connectivity index (χ4v) is 9.16. The minimum Gasteiger partial charge on any atom is 0.0381 e. The zero-order chi connectivity index (χ0) is 7.88. The maximum atomic E-state index is 2.68. The van der Waals surface area contributed by atoms with Crippen LogP contribution in [0.15, 0.2) is 0 Å². The predicted molar refractivity (Wildman–Crippen MR) is 38.3 cm³/mol. The molecule has 12 heavy (non-hydrogen) atoms. The Balaban J connectivity index is 1.67. The van der Waals surface area contributed by atoms with Crippen LogP contribution in [-0.2, 0) is 0 Å². The highest BCUT2D eigenvalue weighted by molar-refractivity contribution is 5.57. The van der Waals surface area contributed by atoms with Crippen LogP contribution >= 0.6 is 0 Å². The lowest BCUT2D eigenvalue weighted by Gasteiger charge is -3.01. The molecule has 0 atom stereocenters. The van der Waals surface area contributed by atoms with E-state index in [1.165, 1.54) is 35.5 Å². The number of halogens is 2. The first-order valence-corrected chi connectivity index (χ1v) is 7.13. The highest BCUT2D eigenvalue weighted by Gasteiger charge is 3.19. The van der Waals surface area contributed by atoms with Gasteiger partial charge in [0, 0.05) is 35.5 Å². The molecule has 6 aliphatic rings. The maximum absolute atomic E-state index is 2.68. The quantitative estimate of drug-likeness (QED) is 0.578. The lowest BCUT2D eigenvalue weighted by atomic mass is 9.00. The van der Waals surface area contributed by atoms with Gasteiger partial charge in [0.2, 0.25) is 9.75 Å². The van der Waals surface area contributed by atoms with Crippen molar-refractivity contribution >= 4 is 0 Å². The summed E-state index contributed by atoms with van der Waals surface area (Å²) in [5, 5.41) is 0. The largest absolute Gasteiger partial charge is 0.202 e. The van der Waals surface area contributed by atoms with Gasteiger partial charge in [-0.05, 0) is 0 Å². The first-order chi connectivity index (χ1) is 5.85. The number of alkyl halides is 4. The summed E-state index contributed by atoms with van der Waals surface area (Å²) in [6.45, 7) is 0. The van der Waals surface area contributed by atoms with Crippen molar-refractivity contribution < 1.29 is 21.6 Å². The van der Waals surface area contributed by atoms with Gasteiger partial charge < -0.3 is 0 Å². The van der Waals surface area contributed by atoms with Gasteiger partial charge in [0.15, 0.2) is 12.8 Å². The third-order valence-corrected chi connectivity index (χ3v) is 8.86. The summed E-state index contributed by atoms with van der Waals surface area (Å²) in [5.74, 6) is 7.02. The molecule has 0 aromatic heterocycles. The van der Waals surface area contributed by atoms with Gasteiger partial charge in [0.1, 0.15) is 21.6 Å². The SMILES string of the molecule is C[Cl+]C12C3C4C1C1C2C3C41[Cl+]C. The van der Waals surface area contributed by atoms with Crippen molar-refractivity contribution in [1.29, 1.82) is 0 Å². The summed E-state index contributed by atoms with van der Waals surface area (Å²) in [7, 11) is 5.36. The fraction of sp³-hybridized carbons (Fsp3) is 1.00. The molecule has 2 heteroatoms. The Morgan fingerprint density at radius 2 is 0.917 bits per heavy atom. The summed E-state index contributed by atoms with van der Waals surface area (Å²) in [4.78, 5) is 1.64. The molecule has 0 unspecified atom stereocenters. The topological polar surface area (TPSA) is 0 Å². The van der Waals surface area contributed by atoms with Crippen LogP contribution in [0.2, 0.25) is 0 Å². The molecule has 6 rings (SSSR count). The van der Waals surface area contributed by atoms with E-state index in [-0.39, 0.29) is 0 Å². The van der Waals surface area contributed by atoms with E-state index in [0.717, 1.165) is 9.75 Å². The molecular weight excluding hydrogens is 191 g/mol.